The number of carbonyl (C=O) groups excluding carboxylic acids is 1. The van der Waals surface area contributed by atoms with E-state index < -0.39 is 18.2 Å². The molecule has 1 amide bonds. The summed E-state index contributed by atoms with van der Waals surface area (Å²) in [6.07, 6.45) is -0.0547. The SMILES string of the molecule is O=C(O)[C@H]1CN(c2ccc(C3CCSCC3)c(F)c2)C(=O)O1. The van der Waals surface area contributed by atoms with Crippen molar-refractivity contribution in [1.82, 2.24) is 0 Å². The number of carboxylic acids is 1. The zero-order valence-corrected chi connectivity index (χ0v) is 12.6. The van der Waals surface area contributed by atoms with Crippen LogP contribution in [0.25, 0.3) is 0 Å². The molecular weight excluding hydrogens is 309 g/mol. The Morgan fingerprint density at radius 3 is 2.68 bits per heavy atom. The highest BCUT2D eigenvalue weighted by Crippen LogP contribution is 2.34. The number of aliphatic carboxylic acids is 1. The van der Waals surface area contributed by atoms with Crippen molar-refractivity contribution < 1.29 is 23.8 Å². The van der Waals surface area contributed by atoms with E-state index in [1.807, 2.05) is 11.8 Å². The van der Waals surface area contributed by atoms with Crippen LogP contribution in [0.2, 0.25) is 0 Å². The van der Waals surface area contributed by atoms with E-state index in [1.165, 1.54) is 6.07 Å². The maximum absolute atomic E-state index is 14.4. The number of hydrogen-bond donors (Lipinski definition) is 1. The van der Waals surface area contributed by atoms with Gasteiger partial charge in [-0.15, -0.1) is 0 Å². The van der Waals surface area contributed by atoms with Gasteiger partial charge in [-0.05, 0) is 48.0 Å². The van der Waals surface area contributed by atoms with Crippen LogP contribution in [0.15, 0.2) is 18.2 Å². The molecule has 22 heavy (non-hydrogen) atoms. The van der Waals surface area contributed by atoms with Crippen LogP contribution in [-0.4, -0.2) is 41.3 Å². The van der Waals surface area contributed by atoms with Gasteiger partial charge in [-0.3, -0.25) is 4.90 Å². The Bertz CT molecular complexity index is 603. The first kappa shape index (κ1) is 15.1. The van der Waals surface area contributed by atoms with E-state index in [1.54, 1.807) is 12.1 Å². The van der Waals surface area contributed by atoms with Gasteiger partial charge in [0.25, 0.3) is 0 Å². The second-order valence-electron chi connectivity index (χ2n) is 5.41. The first-order chi connectivity index (χ1) is 10.6. The molecule has 0 unspecified atom stereocenters. The molecule has 2 fully saturated rings. The molecule has 0 saturated carbocycles. The first-order valence-electron chi connectivity index (χ1n) is 7.14. The molecule has 0 bridgehead atoms. The molecule has 1 aromatic rings. The van der Waals surface area contributed by atoms with E-state index in [0.29, 0.717) is 11.3 Å². The number of nitrogens with zero attached hydrogens (tertiary/aromatic N) is 1. The molecule has 2 heterocycles. The highest BCUT2D eigenvalue weighted by Gasteiger charge is 2.37. The summed E-state index contributed by atoms with van der Waals surface area (Å²) in [4.78, 5) is 23.7. The number of cyclic esters (lactones) is 1. The van der Waals surface area contributed by atoms with Crippen LogP contribution in [0.1, 0.15) is 24.3 Å². The largest absolute Gasteiger partial charge is 0.478 e. The van der Waals surface area contributed by atoms with E-state index in [4.69, 9.17) is 9.84 Å². The zero-order chi connectivity index (χ0) is 15.7. The van der Waals surface area contributed by atoms with Crippen LogP contribution in [0.3, 0.4) is 0 Å². The van der Waals surface area contributed by atoms with Gasteiger partial charge in [0.2, 0.25) is 6.10 Å². The average Bonchev–Trinajstić information content (AvgIpc) is 2.90. The van der Waals surface area contributed by atoms with Crippen LogP contribution < -0.4 is 4.90 Å². The Hall–Kier alpha value is -1.76. The molecule has 0 radical (unpaired) electrons. The van der Waals surface area contributed by atoms with E-state index in [-0.39, 0.29) is 18.3 Å². The minimum absolute atomic E-state index is 0.104. The van der Waals surface area contributed by atoms with Crippen molar-refractivity contribution in [1.29, 1.82) is 0 Å². The van der Waals surface area contributed by atoms with Gasteiger partial charge in [-0.25, -0.2) is 14.0 Å². The van der Waals surface area contributed by atoms with Crippen LogP contribution in [0.5, 0.6) is 0 Å². The normalized spacial score (nSPS) is 22.7. The Morgan fingerprint density at radius 1 is 1.36 bits per heavy atom. The van der Waals surface area contributed by atoms with Gasteiger partial charge in [0, 0.05) is 0 Å². The third-order valence-electron chi connectivity index (χ3n) is 4.04. The summed E-state index contributed by atoms with van der Waals surface area (Å²) in [6, 6.07) is 4.65. The number of halogens is 1. The van der Waals surface area contributed by atoms with Crippen LogP contribution in [-0.2, 0) is 9.53 Å². The number of hydrogen-bond acceptors (Lipinski definition) is 4. The van der Waals surface area contributed by atoms with E-state index in [9.17, 15) is 14.0 Å². The summed E-state index contributed by atoms with van der Waals surface area (Å²) >= 11 is 1.88. The molecule has 0 aliphatic carbocycles. The van der Waals surface area contributed by atoms with Crippen LogP contribution in [0, 0.1) is 5.82 Å². The minimum Gasteiger partial charge on any atom is -0.478 e. The van der Waals surface area contributed by atoms with Crippen molar-refractivity contribution in [2.24, 2.45) is 0 Å². The lowest BCUT2D eigenvalue weighted by Crippen LogP contribution is -2.27. The Kier molecular flexibility index (Phi) is 4.24. The summed E-state index contributed by atoms with van der Waals surface area (Å²) < 4.78 is 19.1. The van der Waals surface area contributed by atoms with E-state index in [0.717, 1.165) is 29.2 Å². The quantitative estimate of drug-likeness (QED) is 0.925. The van der Waals surface area contributed by atoms with Gasteiger partial charge in [0.05, 0.1) is 12.2 Å². The lowest BCUT2D eigenvalue weighted by Gasteiger charge is -2.23. The lowest BCUT2D eigenvalue weighted by molar-refractivity contribution is -0.144. The predicted octanol–water partition coefficient (Wildman–Crippen LogP) is 2.85. The third-order valence-corrected chi connectivity index (χ3v) is 5.09. The Labute approximate surface area is 131 Å². The number of anilines is 1. The molecule has 1 N–H and O–H groups in total. The number of thioether (sulfide) groups is 1. The molecule has 2 saturated heterocycles. The van der Waals surface area contributed by atoms with Crippen molar-refractivity contribution >= 4 is 29.5 Å². The fraction of sp³-hybridized carbons (Fsp3) is 0.467. The Morgan fingerprint density at radius 2 is 2.09 bits per heavy atom. The molecule has 118 valence electrons. The number of carbonyl (C=O) groups is 2. The molecular formula is C15H16FNO4S. The van der Waals surface area contributed by atoms with Gasteiger partial charge < -0.3 is 9.84 Å². The van der Waals surface area contributed by atoms with Gasteiger partial charge in [-0.1, -0.05) is 6.07 Å². The van der Waals surface area contributed by atoms with Crippen LogP contribution >= 0.6 is 11.8 Å². The molecule has 0 spiro atoms. The number of ether oxygens (including phenoxy) is 1. The lowest BCUT2D eigenvalue weighted by atomic mass is 9.93. The summed E-state index contributed by atoms with van der Waals surface area (Å²) in [7, 11) is 0. The maximum Gasteiger partial charge on any atom is 0.415 e. The molecule has 0 aromatic heterocycles. The number of rotatable bonds is 3. The molecule has 1 atom stereocenters. The van der Waals surface area contributed by atoms with Crippen molar-refractivity contribution in [2.45, 2.75) is 24.9 Å². The monoisotopic (exact) mass is 325 g/mol. The van der Waals surface area contributed by atoms with Gasteiger partial charge in [0.1, 0.15) is 5.82 Å². The van der Waals surface area contributed by atoms with Crippen LogP contribution in [0.4, 0.5) is 14.9 Å². The van der Waals surface area contributed by atoms with E-state index >= 15 is 0 Å². The molecule has 2 aliphatic heterocycles. The first-order valence-corrected chi connectivity index (χ1v) is 8.30. The zero-order valence-electron chi connectivity index (χ0n) is 11.8. The van der Waals surface area contributed by atoms with Crippen molar-refractivity contribution in [3.8, 4) is 0 Å². The summed E-state index contributed by atoms with van der Waals surface area (Å²) in [6.45, 7) is -0.104. The highest BCUT2D eigenvalue weighted by atomic mass is 32.2. The average molecular weight is 325 g/mol. The second kappa shape index (κ2) is 6.16. The molecule has 1 aromatic carbocycles. The predicted molar refractivity (Wildman–Crippen MR) is 81.0 cm³/mol. The van der Waals surface area contributed by atoms with E-state index in [2.05, 4.69) is 0 Å². The fourth-order valence-electron chi connectivity index (χ4n) is 2.83. The highest BCUT2D eigenvalue weighted by molar-refractivity contribution is 7.99. The molecule has 2 aliphatic rings. The van der Waals surface area contributed by atoms with Gasteiger partial charge in [0.15, 0.2) is 0 Å². The molecule has 7 heteroatoms. The van der Waals surface area contributed by atoms with Crippen molar-refractivity contribution in [2.75, 3.05) is 23.0 Å². The molecule has 5 nitrogen and oxygen atoms in total. The second-order valence-corrected chi connectivity index (χ2v) is 6.64. The third kappa shape index (κ3) is 2.90. The summed E-state index contributed by atoms with van der Waals surface area (Å²) in [5, 5.41) is 8.88. The standard InChI is InChI=1S/C15H16FNO4S/c16-12-7-10(17-8-13(14(18)19)21-15(17)20)1-2-11(12)9-3-5-22-6-4-9/h1-2,7,9,13H,3-6,8H2,(H,18,19)/t13-/m1/s1. The van der Waals surface area contributed by atoms with Gasteiger partial charge >= 0.3 is 12.1 Å². The van der Waals surface area contributed by atoms with Gasteiger partial charge in [-0.2, -0.15) is 11.8 Å². The summed E-state index contributed by atoms with van der Waals surface area (Å²) in [5.41, 5.74) is 1.01. The minimum atomic E-state index is -1.20. The number of carboxylic acid groups (broad SMARTS) is 1. The van der Waals surface area contributed by atoms with Crippen molar-refractivity contribution in [3.63, 3.8) is 0 Å². The number of benzene rings is 1. The maximum atomic E-state index is 14.4. The smallest absolute Gasteiger partial charge is 0.415 e. The fourth-order valence-corrected chi connectivity index (χ4v) is 3.93. The molecule has 3 rings (SSSR count). The Balaban J connectivity index is 1.80. The number of amides is 1. The van der Waals surface area contributed by atoms with Crippen molar-refractivity contribution in [3.05, 3.63) is 29.6 Å². The summed E-state index contributed by atoms with van der Waals surface area (Å²) in [5.74, 6) is 0.732. The topological polar surface area (TPSA) is 66.8 Å².